The van der Waals surface area contributed by atoms with Crippen LogP contribution in [0.5, 0.6) is 11.5 Å². The van der Waals surface area contributed by atoms with Crippen LogP contribution in [0, 0.1) is 11.3 Å². The number of nitriles is 1. The predicted octanol–water partition coefficient (Wildman–Crippen LogP) is 4.47. The molecule has 20 heavy (non-hydrogen) atoms. The van der Waals surface area contributed by atoms with Crippen molar-refractivity contribution in [3.8, 4) is 28.1 Å². The Bertz CT molecular complexity index is 746. The Hall–Kier alpha value is -2.64. The second kappa shape index (κ2) is 5.55. The zero-order valence-corrected chi connectivity index (χ0v) is 11.3. The Kier molecular flexibility index (Phi) is 3.44. The molecule has 0 saturated heterocycles. The minimum atomic E-state index is 0.501. The topological polar surface area (TPSA) is 45.9 Å². The van der Waals surface area contributed by atoms with Crippen LogP contribution in [0.2, 0.25) is 0 Å². The molecule has 0 fully saturated rings. The first-order chi connectivity index (χ1) is 9.86. The molecule has 0 radical (unpaired) electrons. The minimum absolute atomic E-state index is 0.501. The van der Waals surface area contributed by atoms with Crippen LogP contribution >= 0.6 is 11.3 Å². The summed E-state index contributed by atoms with van der Waals surface area (Å²) >= 11 is 1.54. The van der Waals surface area contributed by atoms with E-state index in [0.29, 0.717) is 17.1 Å². The summed E-state index contributed by atoms with van der Waals surface area (Å²) in [7, 11) is 0. The van der Waals surface area contributed by atoms with Crippen LogP contribution in [0.4, 0.5) is 0 Å². The van der Waals surface area contributed by atoms with Gasteiger partial charge in [-0.15, -0.1) is 11.3 Å². The van der Waals surface area contributed by atoms with Crippen LogP contribution in [0.25, 0.3) is 10.6 Å². The number of hydrogen-bond donors (Lipinski definition) is 0. The zero-order chi connectivity index (χ0) is 13.8. The highest BCUT2D eigenvalue weighted by Crippen LogP contribution is 2.30. The lowest BCUT2D eigenvalue weighted by Gasteiger charge is -2.08. The van der Waals surface area contributed by atoms with Gasteiger partial charge in [-0.1, -0.05) is 18.2 Å². The maximum atomic E-state index is 9.27. The van der Waals surface area contributed by atoms with Crippen molar-refractivity contribution < 1.29 is 4.74 Å². The smallest absolute Gasteiger partial charge is 0.145 e. The van der Waals surface area contributed by atoms with Crippen molar-refractivity contribution in [3.63, 3.8) is 0 Å². The summed E-state index contributed by atoms with van der Waals surface area (Å²) in [5, 5.41) is 12.1. The second-order valence-electron chi connectivity index (χ2n) is 4.08. The Morgan fingerprint density at radius 1 is 1.10 bits per heavy atom. The third kappa shape index (κ3) is 2.53. The van der Waals surface area contributed by atoms with Crippen LogP contribution in [0.1, 0.15) is 5.56 Å². The van der Waals surface area contributed by atoms with E-state index in [9.17, 15) is 5.26 Å². The van der Waals surface area contributed by atoms with Gasteiger partial charge in [-0.05, 0) is 30.3 Å². The van der Waals surface area contributed by atoms with Gasteiger partial charge in [0.05, 0.1) is 5.56 Å². The molecule has 2 aromatic carbocycles. The highest BCUT2D eigenvalue weighted by Gasteiger charge is 2.08. The Balaban J connectivity index is 1.95. The SMILES string of the molecule is N#Cc1cc(-c2nccs2)ccc1Oc1ccccc1. The van der Waals surface area contributed by atoms with Crippen molar-refractivity contribution in [2.45, 2.75) is 0 Å². The monoisotopic (exact) mass is 278 g/mol. The molecule has 3 aromatic rings. The third-order valence-electron chi connectivity index (χ3n) is 2.75. The van der Waals surface area contributed by atoms with Crippen molar-refractivity contribution in [2.24, 2.45) is 0 Å². The third-order valence-corrected chi connectivity index (χ3v) is 3.57. The highest BCUT2D eigenvalue weighted by atomic mass is 32.1. The summed E-state index contributed by atoms with van der Waals surface area (Å²) in [6.45, 7) is 0. The van der Waals surface area contributed by atoms with Gasteiger partial charge in [0, 0.05) is 17.1 Å². The van der Waals surface area contributed by atoms with Crippen molar-refractivity contribution in [1.29, 1.82) is 5.26 Å². The molecule has 0 spiro atoms. The molecule has 96 valence electrons. The van der Waals surface area contributed by atoms with Gasteiger partial charge in [0.1, 0.15) is 22.6 Å². The lowest BCUT2D eigenvalue weighted by atomic mass is 10.1. The lowest BCUT2D eigenvalue weighted by molar-refractivity contribution is 0.481. The molecule has 0 atom stereocenters. The first-order valence-corrected chi connectivity index (χ1v) is 6.92. The lowest BCUT2D eigenvalue weighted by Crippen LogP contribution is -1.89. The predicted molar refractivity (Wildman–Crippen MR) is 78.8 cm³/mol. The van der Waals surface area contributed by atoms with Gasteiger partial charge in [-0.25, -0.2) is 4.98 Å². The van der Waals surface area contributed by atoms with Crippen LogP contribution in [0.3, 0.4) is 0 Å². The quantitative estimate of drug-likeness (QED) is 0.710. The van der Waals surface area contributed by atoms with E-state index in [0.717, 1.165) is 10.6 Å². The molecule has 3 nitrogen and oxygen atoms in total. The van der Waals surface area contributed by atoms with E-state index in [1.807, 2.05) is 47.8 Å². The number of ether oxygens (including phenoxy) is 1. The number of benzene rings is 2. The fraction of sp³-hybridized carbons (Fsp3) is 0. The van der Waals surface area contributed by atoms with Gasteiger partial charge in [0.25, 0.3) is 0 Å². The molecule has 0 saturated carbocycles. The number of para-hydroxylation sites is 1. The molecule has 0 aliphatic carbocycles. The average molecular weight is 278 g/mol. The Labute approximate surface area is 120 Å². The van der Waals surface area contributed by atoms with Crippen molar-refractivity contribution >= 4 is 11.3 Å². The van der Waals surface area contributed by atoms with Crippen molar-refractivity contribution in [3.05, 3.63) is 65.7 Å². The fourth-order valence-electron chi connectivity index (χ4n) is 1.82. The zero-order valence-electron chi connectivity index (χ0n) is 10.5. The maximum Gasteiger partial charge on any atom is 0.145 e. The Morgan fingerprint density at radius 3 is 2.65 bits per heavy atom. The molecule has 0 unspecified atom stereocenters. The number of hydrogen-bond acceptors (Lipinski definition) is 4. The van der Waals surface area contributed by atoms with Gasteiger partial charge in [-0.2, -0.15) is 5.26 Å². The van der Waals surface area contributed by atoms with Gasteiger partial charge in [-0.3, -0.25) is 0 Å². The maximum absolute atomic E-state index is 9.27. The van der Waals surface area contributed by atoms with Gasteiger partial charge in [0.2, 0.25) is 0 Å². The van der Waals surface area contributed by atoms with Gasteiger partial charge >= 0.3 is 0 Å². The minimum Gasteiger partial charge on any atom is -0.456 e. The number of nitrogens with zero attached hydrogens (tertiary/aromatic N) is 2. The van der Waals surface area contributed by atoms with E-state index in [-0.39, 0.29) is 0 Å². The first kappa shape index (κ1) is 12.4. The first-order valence-electron chi connectivity index (χ1n) is 6.04. The van der Waals surface area contributed by atoms with Crippen LogP contribution in [-0.2, 0) is 0 Å². The molecule has 4 heteroatoms. The highest BCUT2D eigenvalue weighted by molar-refractivity contribution is 7.13. The van der Waals surface area contributed by atoms with Crippen LogP contribution in [-0.4, -0.2) is 4.98 Å². The van der Waals surface area contributed by atoms with E-state index >= 15 is 0 Å². The summed E-state index contributed by atoms with van der Waals surface area (Å²) in [5.41, 5.74) is 1.43. The van der Waals surface area contributed by atoms with Crippen LogP contribution < -0.4 is 4.74 Å². The molecule has 1 aromatic heterocycles. The average Bonchev–Trinajstić information content (AvgIpc) is 3.03. The fourth-order valence-corrected chi connectivity index (χ4v) is 2.46. The van der Waals surface area contributed by atoms with Crippen molar-refractivity contribution in [1.82, 2.24) is 4.98 Å². The molecule has 1 heterocycles. The summed E-state index contributed by atoms with van der Waals surface area (Å²) in [4.78, 5) is 4.24. The normalized spacial score (nSPS) is 9.95. The van der Waals surface area contributed by atoms with Gasteiger partial charge < -0.3 is 4.74 Å². The number of rotatable bonds is 3. The molecule has 0 aliphatic rings. The standard InChI is InChI=1S/C16H10N2OS/c17-11-13-10-12(16-18-8-9-20-16)6-7-15(13)19-14-4-2-1-3-5-14/h1-10H. The molecule has 3 rings (SSSR count). The second-order valence-corrected chi connectivity index (χ2v) is 4.97. The van der Waals surface area contributed by atoms with E-state index in [1.54, 1.807) is 23.6 Å². The molecular formula is C16H10N2OS. The number of aromatic nitrogens is 1. The summed E-state index contributed by atoms with van der Waals surface area (Å²) in [6, 6.07) is 17.1. The van der Waals surface area contributed by atoms with E-state index in [1.165, 1.54) is 0 Å². The van der Waals surface area contributed by atoms with E-state index in [2.05, 4.69) is 11.1 Å². The van der Waals surface area contributed by atoms with E-state index < -0.39 is 0 Å². The summed E-state index contributed by atoms with van der Waals surface area (Å²) in [6.07, 6.45) is 1.75. The molecule has 0 bridgehead atoms. The van der Waals surface area contributed by atoms with E-state index in [4.69, 9.17) is 4.74 Å². The largest absolute Gasteiger partial charge is 0.456 e. The number of thiazole rings is 1. The van der Waals surface area contributed by atoms with Gasteiger partial charge in [0.15, 0.2) is 0 Å². The molecule has 0 N–H and O–H groups in total. The molecule has 0 aliphatic heterocycles. The molecule has 0 amide bonds. The summed E-state index contributed by atoms with van der Waals surface area (Å²) in [5.74, 6) is 1.27. The van der Waals surface area contributed by atoms with Crippen molar-refractivity contribution in [2.75, 3.05) is 0 Å². The molecular weight excluding hydrogens is 268 g/mol. The summed E-state index contributed by atoms with van der Waals surface area (Å²) < 4.78 is 5.73. The Morgan fingerprint density at radius 2 is 1.95 bits per heavy atom. The van der Waals surface area contributed by atoms with Crippen LogP contribution in [0.15, 0.2) is 60.1 Å².